The third-order valence-electron chi connectivity index (χ3n) is 4.25. The van der Waals surface area contributed by atoms with Gasteiger partial charge in [-0.25, -0.2) is 0 Å². The van der Waals surface area contributed by atoms with E-state index in [4.69, 9.17) is 11.6 Å². The summed E-state index contributed by atoms with van der Waals surface area (Å²) >= 11 is 7.24. The fourth-order valence-corrected chi connectivity index (χ4v) is 4.49. The number of benzene rings is 1. The van der Waals surface area contributed by atoms with Crippen LogP contribution in [0.3, 0.4) is 0 Å². The Labute approximate surface area is 158 Å². The van der Waals surface area contributed by atoms with E-state index in [1.54, 1.807) is 0 Å². The number of nitrogens with one attached hydrogen (secondary N) is 2. The van der Waals surface area contributed by atoms with Gasteiger partial charge in [-0.15, -0.1) is 11.3 Å². The number of carbonyl (C=O) groups excluding carboxylic acids is 2. The lowest BCUT2D eigenvalue weighted by molar-refractivity contribution is -0.385. The summed E-state index contributed by atoms with van der Waals surface area (Å²) in [5.74, 6) is -0.941. The Balaban J connectivity index is 2.01. The van der Waals surface area contributed by atoms with Crippen LogP contribution in [0.4, 0.5) is 10.7 Å². The number of nitrogens with zero attached hydrogens (tertiary/aromatic N) is 1. The van der Waals surface area contributed by atoms with E-state index in [9.17, 15) is 19.7 Å². The molecule has 1 heterocycles. The lowest BCUT2D eigenvalue weighted by atomic mass is 9.95. The number of aryl methyl sites for hydroxylation is 1. The highest BCUT2D eigenvalue weighted by atomic mass is 35.5. The number of amides is 2. The van der Waals surface area contributed by atoms with Crippen LogP contribution in [0.25, 0.3) is 0 Å². The predicted molar refractivity (Wildman–Crippen MR) is 100 cm³/mol. The first-order chi connectivity index (χ1) is 12.4. The molecule has 0 saturated carbocycles. The van der Waals surface area contributed by atoms with Crippen LogP contribution in [0.15, 0.2) is 18.2 Å². The molecule has 1 aliphatic rings. The third-order valence-corrected chi connectivity index (χ3v) is 5.69. The molecular weight excluding hydrogens is 378 g/mol. The van der Waals surface area contributed by atoms with Crippen molar-refractivity contribution in [3.8, 4) is 0 Å². The van der Waals surface area contributed by atoms with Gasteiger partial charge in [0, 0.05) is 23.0 Å². The highest BCUT2D eigenvalue weighted by Crippen LogP contribution is 2.38. The largest absolute Gasteiger partial charge is 0.355 e. The Morgan fingerprint density at radius 3 is 2.65 bits per heavy atom. The van der Waals surface area contributed by atoms with Crippen LogP contribution in [0.2, 0.25) is 5.02 Å². The maximum absolute atomic E-state index is 12.7. The number of nitro groups is 1. The van der Waals surface area contributed by atoms with Gasteiger partial charge >= 0.3 is 0 Å². The van der Waals surface area contributed by atoms with Gasteiger partial charge in [0.25, 0.3) is 17.5 Å². The standard InChI is InChI=1S/C17H16ClN3O4S/c1-19-16(23)14-10-4-2-3-5-13(10)26-17(14)20-15(22)11-8-9(18)6-7-12(11)21(24)25/h6-8H,2-5H2,1H3,(H,19,23)(H,20,22). The molecule has 0 unspecified atom stereocenters. The van der Waals surface area contributed by atoms with Crippen molar-refractivity contribution < 1.29 is 14.5 Å². The average Bonchev–Trinajstić information content (AvgIpc) is 2.98. The number of fused-ring (bicyclic) bond motifs is 1. The van der Waals surface area contributed by atoms with E-state index in [-0.39, 0.29) is 22.2 Å². The Bertz CT molecular complexity index is 910. The summed E-state index contributed by atoms with van der Waals surface area (Å²) in [5, 5.41) is 17.1. The molecule has 2 amide bonds. The molecule has 0 aliphatic heterocycles. The third kappa shape index (κ3) is 3.42. The average molecular weight is 394 g/mol. The normalized spacial score (nSPS) is 13.0. The minimum atomic E-state index is -0.664. The SMILES string of the molecule is CNC(=O)c1c(NC(=O)c2cc(Cl)ccc2[N+](=O)[O-])sc2c1CCCC2. The maximum atomic E-state index is 12.7. The molecule has 1 aliphatic carbocycles. The van der Waals surface area contributed by atoms with E-state index < -0.39 is 10.8 Å². The minimum absolute atomic E-state index is 0.142. The van der Waals surface area contributed by atoms with Gasteiger partial charge < -0.3 is 10.6 Å². The Kier molecular flexibility index (Phi) is 5.24. The van der Waals surface area contributed by atoms with Gasteiger partial charge in [0.15, 0.2) is 0 Å². The lowest BCUT2D eigenvalue weighted by Gasteiger charge is -2.12. The second-order valence-electron chi connectivity index (χ2n) is 5.87. The number of carbonyl (C=O) groups is 2. The van der Waals surface area contributed by atoms with E-state index >= 15 is 0 Å². The van der Waals surface area contributed by atoms with Gasteiger partial charge in [0.1, 0.15) is 10.6 Å². The van der Waals surface area contributed by atoms with Crippen LogP contribution in [0.1, 0.15) is 44.0 Å². The number of thiophene rings is 1. The van der Waals surface area contributed by atoms with Gasteiger partial charge in [-0.3, -0.25) is 19.7 Å². The summed E-state index contributed by atoms with van der Waals surface area (Å²) < 4.78 is 0. The molecule has 0 saturated heterocycles. The van der Waals surface area contributed by atoms with Crippen LogP contribution >= 0.6 is 22.9 Å². The first-order valence-electron chi connectivity index (χ1n) is 8.04. The van der Waals surface area contributed by atoms with Crippen molar-refractivity contribution in [2.45, 2.75) is 25.7 Å². The smallest absolute Gasteiger partial charge is 0.282 e. The molecule has 3 rings (SSSR count). The summed E-state index contributed by atoms with van der Waals surface area (Å²) in [7, 11) is 1.53. The molecule has 0 atom stereocenters. The highest BCUT2D eigenvalue weighted by Gasteiger charge is 2.28. The number of hydrogen-bond donors (Lipinski definition) is 2. The van der Waals surface area contributed by atoms with E-state index in [2.05, 4.69) is 10.6 Å². The molecule has 136 valence electrons. The van der Waals surface area contributed by atoms with Crippen LogP contribution in [-0.2, 0) is 12.8 Å². The Morgan fingerprint density at radius 1 is 1.23 bits per heavy atom. The second-order valence-corrected chi connectivity index (χ2v) is 7.41. The number of anilines is 1. The van der Waals surface area contributed by atoms with Crippen molar-refractivity contribution in [3.63, 3.8) is 0 Å². The van der Waals surface area contributed by atoms with E-state index in [1.165, 1.54) is 36.6 Å². The molecule has 1 aromatic carbocycles. The van der Waals surface area contributed by atoms with Gasteiger partial charge in [0.2, 0.25) is 0 Å². The van der Waals surface area contributed by atoms with Crippen LogP contribution in [0.5, 0.6) is 0 Å². The fraction of sp³-hybridized carbons (Fsp3) is 0.294. The zero-order valence-electron chi connectivity index (χ0n) is 13.9. The molecule has 1 aromatic heterocycles. The Hall–Kier alpha value is -2.45. The van der Waals surface area contributed by atoms with Gasteiger partial charge in [-0.1, -0.05) is 11.6 Å². The number of hydrogen-bond acceptors (Lipinski definition) is 5. The summed E-state index contributed by atoms with van der Waals surface area (Å²) in [6, 6.07) is 3.80. The molecule has 0 spiro atoms. The molecular formula is C17H16ClN3O4S. The van der Waals surface area contributed by atoms with Gasteiger partial charge in [-0.05, 0) is 43.4 Å². The first kappa shape index (κ1) is 18.3. The molecule has 2 aromatic rings. The molecule has 0 fully saturated rings. The molecule has 7 nitrogen and oxygen atoms in total. The minimum Gasteiger partial charge on any atom is -0.355 e. The zero-order chi connectivity index (χ0) is 18.8. The number of halogens is 1. The van der Waals surface area contributed by atoms with Crippen molar-refractivity contribution >= 4 is 45.4 Å². The van der Waals surface area contributed by atoms with E-state index in [0.717, 1.165) is 36.1 Å². The summed E-state index contributed by atoms with van der Waals surface area (Å²) in [6.07, 6.45) is 3.66. The van der Waals surface area contributed by atoms with Crippen molar-refractivity contribution in [2.75, 3.05) is 12.4 Å². The number of rotatable bonds is 4. The lowest BCUT2D eigenvalue weighted by Crippen LogP contribution is -2.22. The van der Waals surface area contributed by atoms with Crippen molar-refractivity contribution in [2.24, 2.45) is 0 Å². The molecule has 2 N–H and O–H groups in total. The van der Waals surface area contributed by atoms with Gasteiger partial charge in [0.05, 0.1) is 10.5 Å². The van der Waals surface area contributed by atoms with E-state index in [0.29, 0.717) is 10.6 Å². The predicted octanol–water partition coefficient (Wildman–Crippen LogP) is 3.80. The van der Waals surface area contributed by atoms with Crippen molar-refractivity contribution in [3.05, 3.63) is 54.9 Å². The summed E-state index contributed by atoms with van der Waals surface area (Å²) in [5.41, 5.74) is 0.924. The van der Waals surface area contributed by atoms with Crippen LogP contribution in [-0.4, -0.2) is 23.8 Å². The second kappa shape index (κ2) is 7.43. The highest BCUT2D eigenvalue weighted by molar-refractivity contribution is 7.17. The zero-order valence-corrected chi connectivity index (χ0v) is 15.5. The maximum Gasteiger partial charge on any atom is 0.282 e. The first-order valence-corrected chi connectivity index (χ1v) is 9.23. The van der Waals surface area contributed by atoms with Gasteiger partial charge in [-0.2, -0.15) is 0 Å². The van der Waals surface area contributed by atoms with Crippen molar-refractivity contribution in [1.29, 1.82) is 0 Å². The van der Waals surface area contributed by atoms with Crippen molar-refractivity contribution in [1.82, 2.24) is 5.32 Å². The Morgan fingerprint density at radius 2 is 1.96 bits per heavy atom. The fourth-order valence-electron chi connectivity index (χ4n) is 3.04. The van der Waals surface area contributed by atoms with Crippen LogP contribution in [0, 0.1) is 10.1 Å². The summed E-state index contributed by atoms with van der Waals surface area (Å²) in [6.45, 7) is 0. The molecule has 0 radical (unpaired) electrons. The topological polar surface area (TPSA) is 101 Å². The molecule has 9 heteroatoms. The number of nitro benzene ring substituents is 1. The molecule has 26 heavy (non-hydrogen) atoms. The molecule has 0 bridgehead atoms. The quantitative estimate of drug-likeness (QED) is 0.609. The summed E-state index contributed by atoms with van der Waals surface area (Å²) in [4.78, 5) is 36.6. The monoisotopic (exact) mass is 393 g/mol. The van der Waals surface area contributed by atoms with Crippen LogP contribution < -0.4 is 10.6 Å². The van der Waals surface area contributed by atoms with E-state index in [1.807, 2.05) is 0 Å².